The van der Waals surface area contributed by atoms with Crippen LogP contribution in [0.15, 0.2) is 24.4 Å². The van der Waals surface area contributed by atoms with Gasteiger partial charge >= 0.3 is 0 Å². The lowest BCUT2D eigenvalue weighted by Gasteiger charge is -2.28. The number of aliphatic hydroxyl groups is 1. The molecule has 0 aliphatic carbocycles. The molecule has 2 heterocycles. The number of halogens is 2. The molecule has 0 fully saturated rings. The lowest BCUT2D eigenvalue weighted by atomic mass is 10.0. The number of hydrogen-bond acceptors (Lipinski definition) is 7. The summed E-state index contributed by atoms with van der Waals surface area (Å²) < 4.78 is 29.3. The highest BCUT2D eigenvalue weighted by atomic mass is 32.2. The standard InChI is InChI=1S/C19H24F2N4OS2/c1-11(2)6-13(9-26)23-15-7-25(8-16-18(15)24-19(22)28-16)27-10-12-4-3-5-14(20)17(12)21/h3-5,7,11,13,23,26H,6,8-10H2,1-2H3,(H2,22,24). The minimum Gasteiger partial charge on any atom is -0.394 e. The fraction of sp³-hybridized carbons (Fsp3) is 0.421. The number of benzene rings is 1. The number of aromatic nitrogens is 1. The minimum absolute atomic E-state index is 0.00607. The van der Waals surface area contributed by atoms with Gasteiger partial charge in [-0.05, 0) is 30.4 Å². The normalized spacial score (nSPS) is 14.8. The van der Waals surface area contributed by atoms with E-state index in [1.807, 2.05) is 10.5 Å². The molecule has 1 aromatic heterocycles. The molecular formula is C19H24F2N4OS2. The second-order valence-corrected chi connectivity index (χ2v) is 9.21. The first kappa shape index (κ1) is 20.9. The predicted molar refractivity (Wildman–Crippen MR) is 111 cm³/mol. The van der Waals surface area contributed by atoms with E-state index in [1.54, 1.807) is 6.07 Å². The first-order valence-corrected chi connectivity index (χ1v) is 10.8. The van der Waals surface area contributed by atoms with Gasteiger partial charge in [0.25, 0.3) is 0 Å². The number of fused-ring (bicyclic) bond motifs is 1. The molecule has 5 nitrogen and oxygen atoms in total. The lowest BCUT2D eigenvalue weighted by molar-refractivity contribution is 0.236. The zero-order valence-electron chi connectivity index (χ0n) is 15.8. The molecule has 3 rings (SSSR count). The maximum atomic E-state index is 13.9. The van der Waals surface area contributed by atoms with Crippen LogP contribution in [-0.4, -0.2) is 27.0 Å². The number of nitrogens with one attached hydrogen (secondary N) is 1. The van der Waals surface area contributed by atoms with Crippen molar-refractivity contribution in [2.24, 2.45) is 5.92 Å². The van der Waals surface area contributed by atoms with Crippen molar-refractivity contribution in [3.8, 4) is 0 Å². The highest BCUT2D eigenvalue weighted by molar-refractivity contribution is 7.96. The Hall–Kier alpha value is -1.84. The van der Waals surface area contributed by atoms with Crippen LogP contribution in [0.1, 0.15) is 36.4 Å². The number of thiazole rings is 1. The van der Waals surface area contributed by atoms with E-state index in [2.05, 4.69) is 24.1 Å². The van der Waals surface area contributed by atoms with Gasteiger partial charge in [0.15, 0.2) is 16.8 Å². The van der Waals surface area contributed by atoms with E-state index in [-0.39, 0.29) is 12.6 Å². The lowest BCUT2D eigenvalue weighted by Crippen LogP contribution is -2.34. The molecule has 1 aliphatic rings. The summed E-state index contributed by atoms with van der Waals surface area (Å²) in [6.45, 7) is 4.78. The smallest absolute Gasteiger partial charge is 0.180 e. The zero-order chi connectivity index (χ0) is 20.3. The number of hydrogen-bond donors (Lipinski definition) is 3. The average Bonchev–Trinajstić information content (AvgIpc) is 3.02. The van der Waals surface area contributed by atoms with Crippen molar-refractivity contribution in [1.29, 1.82) is 0 Å². The largest absolute Gasteiger partial charge is 0.394 e. The van der Waals surface area contributed by atoms with Gasteiger partial charge in [-0.3, -0.25) is 0 Å². The van der Waals surface area contributed by atoms with Crippen LogP contribution in [-0.2, 0) is 12.3 Å². The molecule has 0 saturated heterocycles. The molecule has 1 unspecified atom stereocenters. The Labute approximate surface area is 171 Å². The second-order valence-electron chi connectivity index (χ2n) is 7.08. The van der Waals surface area contributed by atoms with Crippen LogP contribution in [0, 0.1) is 17.6 Å². The first-order chi connectivity index (χ1) is 13.4. The number of nitrogens with two attached hydrogens (primary N) is 1. The molecule has 4 N–H and O–H groups in total. The molecule has 152 valence electrons. The highest BCUT2D eigenvalue weighted by Gasteiger charge is 2.24. The van der Waals surface area contributed by atoms with Crippen molar-refractivity contribution in [2.75, 3.05) is 12.3 Å². The van der Waals surface area contributed by atoms with Gasteiger partial charge in [0.2, 0.25) is 0 Å². The van der Waals surface area contributed by atoms with Crippen molar-refractivity contribution in [3.05, 3.63) is 52.2 Å². The molecule has 0 amide bonds. The molecule has 2 aromatic rings. The summed E-state index contributed by atoms with van der Waals surface area (Å²) in [5, 5.41) is 13.5. The van der Waals surface area contributed by atoms with Crippen molar-refractivity contribution in [2.45, 2.75) is 38.6 Å². The van der Waals surface area contributed by atoms with Crippen LogP contribution in [0.3, 0.4) is 0 Å². The third kappa shape index (κ3) is 4.95. The minimum atomic E-state index is -0.841. The molecule has 0 bridgehead atoms. The Kier molecular flexibility index (Phi) is 6.79. The zero-order valence-corrected chi connectivity index (χ0v) is 17.4. The van der Waals surface area contributed by atoms with Crippen LogP contribution in [0.2, 0.25) is 0 Å². The van der Waals surface area contributed by atoms with Crippen LogP contribution in [0.4, 0.5) is 13.9 Å². The van der Waals surface area contributed by atoms with E-state index in [0.29, 0.717) is 28.9 Å². The molecule has 1 aliphatic heterocycles. The molecule has 0 radical (unpaired) electrons. The van der Waals surface area contributed by atoms with Gasteiger partial charge in [-0.15, -0.1) is 0 Å². The number of nitrogen functional groups attached to an aromatic ring is 1. The fourth-order valence-corrected chi connectivity index (χ4v) is 4.90. The third-order valence-electron chi connectivity index (χ3n) is 4.29. The van der Waals surface area contributed by atoms with Gasteiger partial charge in [-0.2, -0.15) is 0 Å². The van der Waals surface area contributed by atoms with Crippen molar-refractivity contribution < 1.29 is 13.9 Å². The number of aliphatic hydroxyl groups excluding tert-OH is 1. The van der Waals surface area contributed by atoms with E-state index >= 15 is 0 Å². The predicted octanol–water partition coefficient (Wildman–Crippen LogP) is 3.96. The van der Waals surface area contributed by atoms with E-state index in [1.165, 1.54) is 29.4 Å². The molecule has 1 atom stereocenters. The SMILES string of the molecule is CC(C)CC(CO)NC1=CN(SCc2cccc(F)c2F)Cc2sc(N)nc21. The van der Waals surface area contributed by atoms with E-state index in [0.717, 1.165) is 28.8 Å². The maximum absolute atomic E-state index is 13.9. The summed E-state index contributed by atoms with van der Waals surface area (Å²) in [7, 11) is 0. The Morgan fingerprint density at radius 3 is 2.89 bits per heavy atom. The quantitative estimate of drug-likeness (QED) is 0.555. The Morgan fingerprint density at radius 1 is 1.39 bits per heavy atom. The maximum Gasteiger partial charge on any atom is 0.180 e. The number of rotatable bonds is 8. The molecule has 0 spiro atoms. The average molecular weight is 427 g/mol. The summed E-state index contributed by atoms with van der Waals surface area (Å²) in [6.07, 6.45) is 2.71. The molecule has 0 saturated carbocycles. The summed E-state index contributed by atoms with van der Waals surface area (Å²) in [5.41, 5.74) is 7.78. The van der Waals surface area contributed by atoms with E-state index in [4.69, 9.17) is 5.73 Å². The van der Waals surface area contributed by atoms with Gasteiger partial charge in [0.05, 0.1) is 23.7 Å². The summed E-state index contributed by atoms with van der Waals surface area (Å²) in [4.78, 5) is 5.41. The number of anilines is 1. The number of nitrogens with zero attached hydrogens (tertiary/aromatic N) is 2. The monoisotopic (exact) mass is 426 g/mol. The summed E-state index contributed by atoms with van der Waals surface area (Å²) in [5.74, 6) is -0.928. The van der Waals surface area contributed by atoms with Crippen molar-refractivity contribution in [1.82, 2.24) is 14.6 Å². The molecule has 1 aromatic carbocycles. The van der Waals surface area contributed by atoms with Gasteiger partial charge in [0, 0.05) is 23.6 Å². The van der Waals surface area contributed by atoms with Crippen LogP contribution in [0.5, 0.6) is 0 Å². The Balaban J connectivity index is 1.77. The Morgan fingerprint density at radius 2 is 2.18 bits per heavy atom. The highest BCUT2D eigenvalue weighted by Crippen LogP contribution is 2.35. The van der Waals surface area contributed by atoms with Gasteiger partial charge in [-0.1, -0.05) is 37.3 Å². The topological polar surface area (TPSA) is 74.4 Å². The summed E-state index contributed by atoms with van der Waals surface area (Å²) >= 11 is 2.79. The van der Waals surface area contributed by atoms with Gasteiger partial charge in [0.1, 0.15) is 5.69 Å². The first-order valence-electron chi connectivity index (χ1n) is 9.04. The van der Waals surface area contributed by atoms with E-state index < -0.39 is 11.6 Å². The van der Waals surface area contributed by atoms with Crippen LogP contribution in [0.25, 0.3) is 5.70 Å². The molecule has 28 heavy (non-hydrogen) atoms. The summed E-state index contributed by atoms with van der Waals surface area (Å²) in [6, 6.07) is 4.10. The fourth-order valence-electron chi connectivity index (χ4n) is 3.05. The van der Waals surface area contributed by atoms with Crippen LogP contribution >= 0.6 is 23.3 Å². The van der Waals surface area contributed by atoms with Gasteiger partial charge < -0.3 is 20.5 Å². The molecular weight excluding hydrogens is 402 g/mol. The Bertz CT molecular complexity index is 856. The van der Waals surface area contributed by atoms with Crippen molar-refractivity contribution >= 4 is 34.1 Å². The van der Waals surface area contributed by atoms with E-state index in [9.17, 15) is 13.9 Å². The van der Waals surface area contributed by atoms with Crippen molar-refractivity contribution in [3.63, 3.8) is 0 Å². The van der Waals surface area contributed by atoms with Crippen LogP contribution < -0.4 is 11.1 Å². The second kappa shape index (κ2) is 9.11. The van der Waals surface area contributed by atoms with Gasteiger partial charge in [-0.25, -0.2) is 13.8 Å². The molecule has 9 heteroatoms. The third-order valence-corrected chi connectivity index (χ3v) is 6.17.